The topological polar surface area (TPSA) is 79.3 Å². The van der Waals surface area contributed by atoms with Crippen LogP contribution in [-0.2, 0) is 11.2 Å². The molecule has 4 aliphatic rings. The van der Waals surface area contributed by atoms with Crippen LogP contribution in [0.15, 0.2) is 5.10 Å². The van der Waals surface area contributed by atoms with Crippen molar-refractivity contribution in [3.8, 4) is 0 Å². The van der Waals surface area contributed by atoms with Crippen LogP contribution >= 0.6 is 11.5 Å². The van der Waals surface area contributed by atoms with Crippen LogP contribution in [0.3, 0.4) is 0 Å². The fraction of sp³-hybridized carbons (Fsp3) is 0.778. The molecular formula is C18H27N5OS. The highest BCUT2D eigenvalue weighted by atomic mass is 32.1. The van der Waals surface area contributed by atoms with Crippen molar-refractivity contribution in [2.24, 2.45) is 28.3 Å². The van der Waals surface area contributed by atoms with Gasteiger partial charge in [-0.3, -0.25) is 4.79 Å². The lowest BCUT2D eigenvalue weighted by atomic mass is 9.49. The molecule has 4 bridgehead atoms. The van der Waals surface area contributed by atoms with Gasteiger partial charge in [-0.2, -0.15) is 9.47 Å². The van der Waals surface area contributed by atoms with E-state index in [0.29, 0.717) is 12.8 Å². The third-order valence-corrected chi connectivity index (χ3v) is 6.94. The quantitative estimate of drug-likeness (QED) is 0.602. The van der Waals surface area contributed by atoms with E-state index in [1.54, 1.807) is 0 Å². The maximum Gasteiger partial charge on any atom is 0.240 e. The van der Waals surface area contributed by atoms with Crippen LogP contribution in [0.2, 0.25) is 0 Å². The molecule has 2 N–H and O–H groups in total. The molecule has 0 aliphatic heterocycles. The summed E-state index contributed by atoms with van der Waals surface area (Å²) < 4.78 is 4.28. The molecule has 0 radical (unpaired) electrons. The number of carbonyl (C=O) groups is 1. The fourth-order valence-electron chi connectivity index (χ4n) is 5.74. The van der Waals surface area contributed by atoms with E-state index in [1.807, 2.05) is 14.0 Å². The Morgan fingerprint density at radius 1 is 1.24 bits per heavy atom. The number of aromatic nitrogens is 2. The number of nitrogens with one attached hydrogen (secondary N) is 2. The standard InChI is InChI=1S/C18H27N5OS/c1-11(3-15-20-17(19-2)25-23-15)21-22-16(24)10-18-7-12-4-13(8-18)6-14(5-12)9-18/h12-14H,3-10H2,1-2H3,(H,22,24)(H,19,20,23). The maximum absolute atomic E-state index is 12.5. The number of nitrogens with zero attached hydrogens (tertiary/aromatic N) is 3. The smallest absolute Gasteiger partial charge is 0.240 e. The van der Waals surface area contributed by atoms with E-state index in [2.05, 4.69) is 25.2 Å². The first-order valence-electron chi connectivity index (χ1n) is 9.36. The minimum Gasteiger partial charge on any atom is -0.363 e. The molecule has 5 rings (SSSR count). The molecule has 0 saturated heterocycles. The van der Waals surface area contributed by atoms with Crippen molar-refractivity contribution in [1.82, 2.24) is 14.8 Å². The summed E-state index contributed by atoms with van der Waals surface area (Å²) in [7, 11) is 1.83. The van der Waals surface area contributed by atoms with Crippen molar-refractivity contribution < 1.29 is 4.79 Å². The second kappa shape index (κ2) is 6.67. The Balaban J connectivity index is 1.31. The number of anilines is 1. The predicted octanol–water partition coefficient (Wildman–Crippen LogP) is 3.22. The van der Waals surface area contributed by atoms with Crippen LogP contribution in [0.5, 0.6) is 0 Å². The highest BCUT2D eigenvalue weighted by Crippen LogP contribution is 2.61. The zero-order valence-corrected chi connectivity index (χ0v) is 15.9. The van der Waals surface area contributed by atoms with Crippen molar-refractivity contribution in [2.45, 2.75) is 58.3 Å². The molecule has 1 heterocycles. The van der Waals surface area contributed by atoms with Gasteiger partial charge in [-0.1, -0.05) is 0 Å². The molecular weight excluding hydrogens is 334 g/mol. The number of hydrogen-bond donors (Lipinski definition) is 2. The lowest BCUT2D eigenvalue weighted by Crippen LogP contribution is -2.47. The second-order valence-electron chi connectivity index (χ2n) is 8.42. The molecule has 136 valence electrons. The summed E-state index contributed by atoms with van der Waals surface area (Å²) in [6, 6.07) is 0. The summed E-state index contributed by atoms with van der Waals surface area (Å²) in [6.45, 7) is 1.91. The third-order valence-electron chi connectivity index (χ3n) is 6.17. The second-order valence-corrected chi connectivity index (χ2v) is 9.17. The number of amides is 1. The molecule has 7 heteroatoms. The van der Waals surface area contributed by atoms with E-state index < -0.39 is 0 Å². The molecule has 0 aromatic carbocycles. The van der Waals surface area contributed by atoms with Gasteiger partial charge in [0.25, 0.3) is 0 Å². The van der Waals surface area contributed by atoms with Gasteiger partial charge in [0.15, 0.2) is 0 Å². The molecule has 1 aromatic heterocycles. The number of rotatable bonds is 6. The van der Waals surface area contributed by atoms with Gasteiger partial charge < -0.3 is 5.32 Å². The van der Waals surface area contributed by atoms with Gasteiger partial charge in [0.2, 0.25) is 11.0 Å². The molecule has 0 spiro atoms. The summed E-state index contributed by atoms with van der Waals surface area (Å²) in [4.78, 5) is 16.8. The Morgan fingerprint density at radius 2 is 1.88 bits per heavy atom. The minimum atomic E-state index is 0.0726. The Kier molecular flexibility index (Phi) is 4.52. The van der Waals surface area contributed by atoms with Gasteiger partial charge in [-0.15, -0.1) is 0 Å². The average Bonchev–Trinajstić information content (AvgIpc) is 2.99. The van der Waals surface area contributed by atoms with E-state index >= 15 is 0 Å². The van der Waals surface area contributed by atoms with Gasteiger partial charge >= 0.3 is 0 Å². The first-order chi connectivity index (χ1) is 12.0. The summed E-state index contributed by atoms with van der Waals surface area (Å²) >= 11 is 1.34. The Hall–Kier alpha value is -1.50. The number of carbonyl (C=O) groups excluding carboxylic acids is 1. The van der Waals surface area contributed by atoms with Crippen LogP contribution in [0, 0.1) is 23.2 Å². The normalized spacial score (nSPS) is 33.5. The van der Waals surface area contributed by atoms with Gasteiger partial charge in [0.1, 0.15) is 5.82 Å². The molecule has 0 unspecified atom stereocenters. The van der Waals surface area contributed by atoms with Crippen molar-refractivity contribution in [2.75, 3.05) is 12.4 Å². The van der Waals surface area contributed by atoms with E-state index in [0.717, 1.165) is 34.4 Å². The Labute approximate surface area is 153 Å². The lowest BCUT2D eigenvalue weighted by Gasteiger charge is -2.56. The molecule has 0 atom stereocenters. The molecule has 1 amide bonds. The molecule has 4 fully saturated rings. The Bertz CT molecular complexity index is 647. The highest BCUT2D eigenvalue weighted by Gasteiger charge is 2.51. The van der Waals surface area contributed by atoms with Gasteiger partial charge in [-0.05, 0) is 68.6 Å². The maximum atomic E-state index is 12.5. The summed E-state index contributed by atoms with van der Waals surface area (Å²) in [5, 5.41) is 8.05. The van der Waals surface area contributed by atoms with Gasteiger partial charge in [-0.25, -0.2) is 10.4 Å². The molecule has 4 aliphatic carbocycles. The van der Waals surface area contributed by atoms with Crippen molar-refractivity contribution in [3.63, 3.8) is 0 Å². The summed E-state index contributed by atoms with van der Waals surface area (Å²) in [5.41, 5.74) is 3.88. The molecule has 4 saturated carbocycles. The first kappa shape index (κ1) is 16.9. The van der Waals surface area contributed by atoms with E-state index in [4.69, 9.17) is 0 Å². The summed E-state index contributed by atoms with van der Waals surface area (Å²) in [6.07, 6.45) is 9.20. The van der Waals surface area contributed by atoms with Crippen molar-refractivity contribution >= 4 is 28.3 Å². The van der Waals surface area contributed by atoms with Crippen molar-refractivity contribution in [1.29, 1.82) is 0 Å². The van der Waals surface area contributed by atoms with Crippen LogP contribution in [-0.4, -0.2) is 28.0 Å². The first-order valence-corrected chi connectivity index (χ1v) is 10.1. The monoisotopic (exact) mass is 361 g/mol. The van der Waals surface area contributed by atoms with Gasteiger partial charge in [0, 0.05) is 37.1 Å². The number of hydrogen-bond acceptors (Lipinski definition) is 6. The Morgan fingerprint density at radius 3 is 2.44 bits per heavy atom. The molecule has 25 heavy (non-hydrogen) atoms. The average molecular weight is 362 g/mol. The molecule has 1 aromatic rings. The zero-order chi connectivity index (χ0) is 17.4. The van der Waals surface area contributed by atoms with Crippen LogP contribution in [0.25, 0.3) is 0 Å². The molecule has 6 nitrogen and oxygen atoms in total. The fourth-order valence-corrected chi connectivity index (χ4v) is 6.27. The zero-order valence-electron chi connectivity index (χ0n) is 15.0. The highest BCUT2D eigenvalue weighted by molar-refractivity contribution is 7.09. The van der Waals surface area contributed by atoms with Crippen LogP contribution < -0.4 is 10.7 Å². The number of hydrazone groups is 1. The van der Waals surface area contributed by atoms with Gasteiger partial charge in [0.05, 0.1) is 0 Å². The largest absolute Gasteiger partial charge is 0.363 e. The predicted molar refractivity (Wildman–Crippen MR) is 99.6 cm³/mol. The van der Waals surface area contributed by atoms with Crippen molar-refractivity contribution in [3.05, 3.63) is 5.82 Å². The van der Waals surface area contributed by atoms with Crippen LogP contribution in [0.4, 0.5) is 5.13 Å². The SMILES string of the molecule is CNc1nc(CC(C)=NNC(=O)CC23CC4CC(CC(C4)C2)C3)ns1. The third kappa shape index (κ3) is 3.71. The minimum absolute atomic E-state index is 0.0726. The van der Waals surface area contributed by atoms with E-state index in [1.165, 1.54) is 50.1 Å². The summed E-state index contributed by atoms with van der Waals surface area (Å²) in [5.74, 6) is 3.44. The van der Waals surface area contributed by atoms with E-state index in [9.17, 15) is 4.79 Å². The lowest BCUT2D eigenvalue weighted by molar-refractivity contribution is -0.129. The van der Waals surface area contributed by atoms with E-state index in [-0.39, 0.29) is 11.3 Å². The van der Waals surface area contributed by atoms with Crippen LogP contribution in [0.1, 0.15) is 57.7 Å².